The molecule has 0 saturated carbocycles. The second-order valence-electron chi connectivity index (χ2n) is 8.32. The molecule has 0 aliphatic heterocycles. The Morgan fingerprint density at radius 3 is 2.45 bits per heavy atom. The average Bonchev–Trinajstić information content (AvgIpc) is 3.25. The van der Waals surface area contributed by atoms with Gasteiger partial charge in [0.25, 0.3) is 0 Å². The van der Waals surface area contributed by atoms with Crippen molar-refractivity contribution in [2.75, 3.05) is 0 Å². The van der Waals surface area contributed by atoms with Gasteiger partial charge in [-0.15, -0.1) is 0 Å². The van der Waals surface area contributed by atoms with Crippen LogP contribution in [0, 0.1) is 5.92 Å². The van der Waals surface area contributed by atoms with Crippen molar-refractivity contribution in [3.8, 4) is 5.75 Å². The molecule has 0 aliphatic carbocycles. The smallest absolute Gasteiger partial charge is 0.313 e. The Hall–Kier alpha value is -2.89. The van der Waals surface area contributed by atoms with Gasteiger partial charge in [-0.3, -0.25) is 9.20 Å². The summed E-state index contributed by atoms with van der Waals surface area (Å²) >= 11 is 0. The maximum absolute atomic E-state index is 12.4. The van der Waals surface area contributed by atoms with E-state index in [1.165, 1.54) is 0 Å². The molecule has 0 aliphatic rings. The third-order valence-corrected chi connectivity index (χ3v) is 5.47. The lowest BCUT2D eigenvalue weighted by Gasteiger charge is -2.14. The van der Waals surface area contributed by atoms with Crippen LogP contribution in [0.3, 0.4) is 0 Å². The average molecular weight is 393 g/mol. The van der Waals surface area contributed by atoms with Crippen LogP contribution in [0.15, 0.2) is 30.5 Å². The number of hydrogen-bond donors (Lipinski definition) is 0. The Morgan fingerprint density at radius 1 is 1.07 bits per heavy atom. The molecule has 0 radical (unpaired) electrons. The Bertz CT molecular complexity index is 1220. The highest BCUT2D eigenvalue weighted by molar-refractivity contribution is 6.01. The zero-order chi connectivity index (χ0) is 20.9. The molecule has 3 aromatic heterocycles. The molecule has 0 fully saturated rings. The van der Waals surface area contributed by atoms with E-state index >= 15 is 0 Å². The van der Waals surface area contributed by atoms with Crippen LogP contribution >= 0.6 is 0 Å². The van der Waals surface area contributed by atoms with Crippen molar-refractivity contribution in [1.82, 2.24) is 18.9 Å². The molecule has 3 heterocycles. The summed E-state index contributed by atoms with van der Waals surface area (Å²) in [5.41, 5.74) is 3.52. The van der Waals surface area contributed by atoms with Gasteiger partial charge in [0, 0.05) is 18.2 Å². The number of para-hydroxylation sites is 2. The number of nitrogens with zero attached hydrogens (tertiary/aromatic N) is 4. The van der Waals surface area contributed by atoms with Gasteiger partial charge in [0.2, 0.25) is 0 Å². The van der Waals surface area contributed by atoms with Crippen LogP contribution in [0.25, 0.3) is 27.7 Å². The van der Waals surface area contributed by atoms with Crippen molar-refractivity contribution >= 4 is 33.7 Å². The highest BCUT2D eigenvalue weighted by Crippen LogP contribution is 2.36. The standard InChI is InChI=1S/C23H28N4O2/c1-7-15(6)26-12-18(29-23(28)14(4)5)19-21(26)25-20(13(2)3)27-17-11-9-8-10-16(17)24-22(19)27/h8-15H,7H2,1-6H3. The van der Waals surface area contributed by atoms with E-state index in [4.69, 9.17) is 14.7 Å². The van der Waals surface area contributed by atoms with Crippen molar-refractivity contribution in [2.45, 2.75) is 59.9 Å². The van der Waals surface area contributed by atoms with E-state index < -0.39 is 0 Å². The number of esters is 1. The van der Waals surface area contributed by atoms with Gasteiger partial charge in [-0.2, -0.15) is 0 Å². The van der Waals surface area contributed by atoms with Gasteiger partial charge in [0.1, 0.15) is 16.9 Å². The Labute approximate surface area is 170 Å². The van der Waals surface area contributed by atoms with Crippen molar-refractivity contribution < 1.29 is 9.53 Å². The number of carbonyl (C=O) groups excluding carboxylic acids is 1. The molecule has 4 aromatic rings. The van der Waals surface area contributed by atoms with Crippen LogP contribution in [-0.4, -0.2) is 24.9 Å². The molecule has 1 unspecified atom stereocenters. The van der Waals surface area contributed by atoms with Crippen molar-refractivity contribution in [3.63, 3.8) is 0 Å². The van der Waals surface area contributed by atoms with Crippen molar-refractivity contribution in [1.29, 1.82) is 0 Å². The summed E-state index contributed by atoms with van der Waals surface area (Å²) in [7, 11) is 0. The number of rotatable bonds is 5. The van der Waals surface area contributed by atoms with Gasteiger partial charge in [-0.05, 0) is 25.5 Å². The van der Waals surface area contributed by atoms with Crippen LogP contribution in [0.5, 0.6) is 5.75 Å². The molecular weight excluding hydrogens is 364 g/mol. The molecule has 6 heteroatoms. The first kappa shape index (κ1) is 19.4. The number of imidazole rings is 1. The molecule has 0 amide bonds. The van der Waals surface area contributed by atoms with Gasteiger partial charge in [-0.25, -0.2) is 9.97 Å². The molecule has 29 heavy (non-hydrogen) atoms. The quantitative estimate of drug-likeness (QED) is 0.421. The predicted molar refractivity (Wildman–Crippen MR) is 116 cm³/mol. The summed E-state index contributed by atoms with van der Waals surface area (Å²) in [4.78, 5) is 22.4. The van der Waals surface area contributed by atoms with Gasteiger partial charge in [0.05, 0.1) is 17.0 Å². The highest BCUT2D eigenvalue weighted by atomic mass is 16.5. The van der Waals surface area contributed by atoms with E-state index in [0.717, 1.165) is 40.0 Å². The largest absolute Gasteiger partial charge is 0.424 e. The summed E-state index contributed by atoms with van der Waals surface area (Å²) in [5, 5.41) is 0.792. The monoisotopic (exact) mass is 392 g/mol. The summed E-state index contributed by atoms with van der Waals surface area (Å²) < 4.78 is 10.0. The van der Waals surface area contributed by atoms with Crippen LogP contribution in [0.2, 0.25) is 0 Å². The SMILES string of the molecule is CCC(C)n1cc(OC(=O)C(C)C)c2c1nc(C(C)C)n1c3ccccc3nc21. The van der Waals surface area contributed by atoms with Gasteiger partial charge < -0.3 is 9.30 Å². The minimum Gasteiger partial charge on any atom is -0.424 e. The fraction of sp³-hybridized carbons (Fsp3) is 0.435. The van der Waals surface area contributed by atoms with E-state index in [1.807, 2.05) is 38.2 Å². The second kappa shape index (κ2) is 7.17. The lowest BCUT2D eigenvalue weighted by molar-refractivity contribution is -0.137. The molecule has 0 bridgehead atoms. The van der Waals surface area contributed by atoms with Crippen LogP contribution in [0.1, 0.15) is 65.7 Å². The summed E-state index contributed by atoms with van der Waals surface area (Å²) in [6.45, 7) is 12.2. The van der Waals surface area contributed by atoms with E-state index in [-0.39, 0.29) is 23.8 Å². The Kier molecular flexibility index (Phi) is 4.81. The maximum Gasteiger partial charge on any atom is 0.313 e. The molecule has 0 spiro atoms. The summed E-state index contributed by atoms with van der Waals surface area (Å²) in [6, 6.07) is 8.28. The fourth-order valence-electron chi connectivity index (χ4n) is 3.62. The molecule has 0 N–H and O–H groups in total. The number of fused-ring (bicyclic) bond motifs is 5. The number of carbonyl (C=O) groups is 1. The third-order valence-electron chi connectivity index (χ3n) is 5.47. The molecule has 0 saturated heterocycles. The minimum absolute atomic E-state index is 0.210. The normalized spacial score (nSPS) is 13.2. The summed E-state index contributed by atoms with van der Waals surface area (Å²) in [6.07, 6.45) is 2.86. The zero-order valence-electron chi connectivity index (χ0n) is 17.9. The number of ether oxygens (including phenoxy) is 1. The molecule has 4 rings (SSSR count). The zero-order valence-corrected chi connectivity index (χ0v) is 17.9. The molecule has 6 nitrogen and oxygen atoms in total. The first-order valence-corrected chi connectivity index (χ1v) is 10.4. The van der Waals surface area contributed by atoms with Gasteiger partial charge >= 0.3 is 5.97 Å². The molecule has 152 valence electrons. The first-order chi connectivity index (χ1) is 13.8. The Morgan fingerprint density at radius 2 is 1.79 bits per heavy atom. The lowest BCUT2D eigenvalue weighted by Crippen LogP contribution is -2.14. The number of hydrogen-bond acceptors (Lipinski definition) is 4. The predicted octanol–water partition coefficient (Wildman–Crippen LogP) is 5.49. The van der Waals surface area contributed by atoms with E-state index in [9.17, 15) is 4.79 Å². The van der Waals surface area contributed by atoms with Crippen molar-refractivity contribution in [3.05, 3.63) is 36.3 Å². The van der Waals surface area contributed by atoms with Gasteiger partial charge in [0.15, 0.2) is 11.4 Å². The van der Waals surface area contributed by atoms with E-state index in [2.05, 4.69) is 42.7 Å². The maximum atomic E-state index is 12.4. The summed E-state index contributed by atoms with van der Waals surface area (Å²) in [5.74, 6) is 1.22. The fourth-order valence-corrected chi connectivity index (χ4v) is 3.62. The third kappa shape index (κ3) is 3.07. The topological polar surface area (TPSA) is 61.4 Å². The first-order valence-electron chi connectivity index (χ1n) is 10.4. The lowest BCUT2D eigenvalue weighted by atomic mass is 10.2. The molecular formula is C23H28N4O2. The van der Waals surface area contributed by atoms with E-state index in [1.54, 1.807) is 0 Å². The van der Waals surface area contributed by atoms with E-state index in [0.29, 0.717) is 5.75 Å². The van der Waals surface area contributed by atoms with Crippen LogP contribution in [-0.2, 0) is 4.79 Å². The van der Waals surface area contributed by atoms with Gasteiger partial charge in [-0.1, -0.05) is 46.8 Å². The van der Waals surface area contributed by atoms with Crippen LogP contribution in [0.4, 0.5) is 0 Å². The van der Waals surface area contributed by atoms with Crippen LogP contribution < -0.4 is 4.74 Å². The number of benzene rings is 1. The minimum atomic E-state index is -0.254. The Balaban J connectivity index is 2.15. The molecule has 1 atom stereocenters. The number of aromatic nitrogens is 4. The molecule has 1 aromatic carbocycles. The van der Waals surface area contributed by atoms with Crippen molar-refractivity contribution in [2.24, 2.45) is 5.92 Å². The highest BCUT2D eigenvalue weighted by Gasteiger charge is 2.25. The second-order valence-corrected chi connectivity index (χ2v) is 8.32.